The third-order valence-electron chi connectivity index (χ3n) is 4.05. The molecule has 0 unspecified atom stereocenters. The molecule has 2 aromatic carbocycles. The molecule has 3 aromatic rings. The van der Waals surface area contributed by atoms with Crippen molar-refractivity contribution < 1.29 is 4.18 Å². The van der Waals surface area contributed by atoms with E-state index in [1.807, 2.05) is 36.4 Å². The molecule has 1 fully saturated rings. The summed E-state index contributed by atoms with van der Waals surface area (Å²) in [6.45, 7) is 5.23. The van der Waals surface area contributed by atoms with Crippen molar-refractivity contribution in [1.82, 2.24) is 0 Å². The van der Waals surface area contributed by atoms with Crippen LogP contribution in [0.4, 0.5) is 0 Å². The van der Waals surface area contributed by atoms with Crippen molar-refractivity contribution in [2.45, 2.75) is 32.6 Å². The lowest BCUT2D eigenvalue weighted by atomic mass is 9.98. The van der Waals surface area contributed by atoms with Crippen LogP contribution in [-0.4, -0.2) is 12.4 Å². The Morgan fingerprint density at radius 2 is 1.79 bits per heavy atom. The Labute approximate surface area is 151 Å². The first-order valence-electron chi connectivity index (χ1n) is 8.37. The lowest BCUT2D eigenvalue weighted by Gasteiger charge is -2.09. The van der Waals surface area contributed by atoms with Crippen molar-refractivity contribution >= 4 is 43.6 Å². The molecule has 126 valence electrons. The molecule has 0 saturated carbocycles. The number of fused-ring (bicyclic) bond motifs is 2. The summed E-state index contributed by atoms with van der Waals surface area (Å²) in [5.41, 5.74) is 1.32. The summed E-state index contributed by atoms with van der Waals surface area (Å²) in [7, 11) is 0. The van der Waals surface area contributed by atoms with Gasteiger partial charge in [-0.15, -0.1) is 11.3 Å². The molecule has 0 aliphatic carbocycles. The van der Waals surface area contributed by atoms with Crippen LogP contribution in [0.3, 0.4) is 0 Å². The molecule has 4 heteroatoms. The first kappa shape index (κ1) is 17.5. The highest BCUT2D eigenvalue weighted by atomic mass is 32.2. The average Bonchev–Trinajstić information content (AvgIpc) is 2.63. The van der Waals surface area contributed by atoms with Gasteiger partial charge in [-0.05, 0) is 54.6 Å². The third kappa shape index (κ3) is 3.82. The van der Waals surface area contributed by atoms with Gasteiger partial charge in [-0.1, -0.05) is 38.1 Å². The summed E-state index contributed by atoms with van der Waals surface area (Å²) >= 11 is 3.29. The fraction of sp³-hybridized carbons (Fsp3) is 0.350. The van der Waals surface area contributed by atoms with E-state index in [1.165, 1.54) is 18.6 Å². The normalized spacial score (nSPS) is 14.6. The fourth-order valence-electron chi connectivity index (χ4n) is 2.79. The maximum Gasteiger partial charge on any atom is 0.196 e. The molecule has 2 heterocycles. The second-order valence-electron chi connectivity index (χ2n) is 6.15. The molecule has 2 nitrogen and oxygen atoms in total. The molecule has 0 N–H and O–H groups in total. The molecule has 1 aliphatic rings. The Kier molecular flexibility index (Phi) is 5.93. The lowest BCUT2D eigenvalue weighted by molar-refractivity contribution is 0.346. The van der Waals surface area contributed by atoms with Gasteiger partial charge in [-0.25, -0.2) is 0 Å². The Morgan fingerprint density at radius 1 is 1.00 bits per heavy atom. The average molecular weight is 359 g/mol. The van der Waals surface area contributed by atoms with Gasteiger partial charge in [0.25, 0.3) is 0 Å². The van der Waals surface area contributed by atoms with E-state index in [2.05, 4.69) is 19.9 Å². The van der Waals surface area contributed by atoms with Gasteiger partial charge in [0.15, 0.2) is 5.43 Å². The predicted octanol–water partition coefficient (Wildman–Crippen LogP) is 5.98. The predicted molar refractivity (Wildman–Crippen MR) is 107 cm³/mol. The topological polar surface area (TPSA) is 26.3 Å². The van der Waals surface area contributed by atoms with Crippen LogP contribution in [0.25, 0.3) is 20.2 Å². The second-order valence-corrected chi connectivity index (χ2v) is 8.12. The molecule has 0 amide bonds. The van der Waals surface area contributed by atoms with Gasteiger partial charge < -0.3 is 4.18 Å². The lowest BCUT2D eigenvalue weighted by Crippen LogP contribution is -2.05. The second kappa shape index (κ2) is 8.15. The summed E-state index contributed by atoms with van der Waals surface area (Å²) in [5, 5.41) is 1.74. The highest BCUT2D eigenvalue weighted by Crippen LogP contribution is 2.29. The summed E-state index contributed by atoms with van der Waals surface area (Å²) in [6, 6.07) is 14.0. The van der Waals surface area contributed by atoms with Gasteiger partial charge in [-0.2, -0.15) is 0 Å². The first-order valence-corrected chi connectivity index (χ1v) is 10.1. The quantitative estimate of drug-likeness (QED) is 0.395. The number of rotatable bonds is 1. The van der Waals surface area contributed by atoms with E-state index >= 15 is 0 Å². The molecule has 1 aromatic heterocycles. The zero-order valence-corrected chi connectivity index (χ0v) is 15.7. The summed E-state index contributed by atoms with van der Waals surface area (Å²) < 4.78 is 7.14. The van der Waals surface area contributed by atoms with Gasteiger partial charge in [0.2, 0.25) is 0 Å². The Bertz CT molecular complexity index is 868. The zero-order chi connectivity index (χ0) is 16.9. The van der Waals surface area contributed by atoms with E-state index in [4.69, 9.17) is 4.18 Å². The van der Waals surface area contributed by atoms with Crippen molar-refractivity contribution in [2.24, 2.45) is 0 Å². The van der Waals surface area contributed by atoms with Crippen LogP contribution in [0.15, 0.2) is 47.3 Å². The van der Waals surface area contributed by atoms with Crippen LogP contribution in [0.5, 0.6) is 0 Å². The Morgan fingerprint density at radius 3 is 2.42 bits per heavy atom. The van der Waals surface area contributed by atoms with E-state index in [1.54, 1.807) is 23.4 Å². The molecular formula is C20H22O2S2. The molecule has 0 atom stereocenters. The van der Waals surface area contributed by atoms with E-state index in [0.29, 0.717) is 5.92 Å². The van der Waals surface area contributed by atoms with Crippen molar-refractivity contribution in [3.63, 3.8) is 0 Å². The van der Waals surface area contributed by atoms with Crippen LogP contribution < -0.4 is 5.43 Å². The Balaban J connectivity index is 0.000000238. The minimum Gasteiger partial charge on any atom is -0.315 e. The number of benzene rings is 2. The SMILES string of the molecule is C1CCSOC1.CC(C)c1cccc2sc3ccccc3c(=O)c12. The molecule has 24 heavy (non-hydrogen) atoms. The molecular weight excluding hydrogens is 336 g/mol. The van der Waals surface area contributed by atoms with E-state index < -0.39 is 0 Å². The largest absolute Gasteiger partial charge is 0.315 e. The molecule has 0 spiro atoms. The summed E-state index contributed by atoms with van der Waals surface area (Å²) in [6.07, 6.45) is 2.59. The van der Waals surface area contributed by atoms with E-state index in [9.17, 15) is 4.79 Å². The maximum atomic E-state index is 12.6. The highest BCUT2D eigenvalue weighted by Gasteiger charge is 2.11. The third-order valence-corrected chi connectivity index (χ3v) is 5.97. The zero-order valence-electron chi connectivity index (χ0n) is 14.1. The van der Waals surface area contributed by atoms with Gasteiger partial charge in [0.05, 0.1) is 6.61 Å². The van der Waals surface area contributed by atoms with E-state index in [-0.39, 0.29) is 5.43 Å². The Hall–Kier alpha value is -1.36. The van der Waals surface area contributed by atoms with Crippen LogP contribution in [0, 0.1) is 0 Å². The minimum atomic E-state index is 0.170. The standard InChI is InChI=1S/C16H14OS.C4H8OS/c1-10(2)11-7-5-9-14-15(11)16(17)12-6-3-4-8-13(12)18-14;1-2-4-6-5-3-1/h3-10H,1-2H3;1-4H2. The monoisotopic (exact) mass is 358 g/mol. The van der Waals surface area contributed by atoms with Crippen molar-refractivity contribution in [3.8, 4) is 0 Å². The van der Waals surface area contributed by atoms with Crippen molar-refractivity contribution in [1.29, 1.82) is 0 Å². The number of hydrogen-bond donors (Lipinski definition) is 0. The highest BCUT2D eigenvalue weighted by molar-refractivity contribution is 7.94. The van der Waals surface area contributed by atoms with E-state index in [0.717, 1.165) is 32.3 Å². The molecule has 0 radical (unpaired) electrons. The summed E-state index contributed by atoms with van der Waals surface area (Å²) in [5.74, 6) is 1.56. The van der Waals surface area contributed by atoms with Crippen LogP contribution >= 0.6 is 23.4 Å². The molecule has 4 rings (SSSR count). The smallest absolute Gasteiger partial charge is 0.196 e. The van der Waals surface area contributed by atoms with Gasteiger partial charge in [0.1, 0.15) is 0 Å². The minimum absolute atomic E-state index is 0.170. The molecule has 1 aliphatic heterocycles. The van der Waals surface area contributed by atoms with Gasteiger partial charge >= 0.3 is 0 Å². The van der Waals surface area contributed by atoms with Crippen LogP contribution in [0.1, 0.15) is 38.2 Å². The number of hydrogen-bond acceptors (Lipinski definition) is 4. The summed E-state index contributed by atoms with van der Waals surface area (Å²) in [4.78, 5) is 12.6. The van der Waals surface area contributed by atoms with Crippen molar-refractivity contribution in [3.05, 3.63) is 58.3 Å². The molecule has 1 saturated heterocycles. The van der Waals surface area contributed by atoms with Crippen LogP contribution in [0.2, 0.25) is 0 Å². The molecule has 0 bridgehead atoms. The fourth-order valence-corrected chi connectivity index (χ4v) is 4.58. The first-order chi connectivity index (χ1) is 11.7. The van der Waals surface area contributed by atoms with Crippen LogP contribution in [-0.2, 0) is 4.18 Å². The van der Waals surface area contributed by atoms with Crippen molar-refractivity contribution in [2.75, 3.05) is 12.4 Å². The van der Waals surface area contributed by atoms with Gasteiger partial charge in [-0.3, -0.25) is 4.79 Å². The van der Waals surface area contributed by atoms with Gasteiger partial charge in [0, 0.05) is 25.9 Å². The maximum absolute atomic E-state index is 12.6.